The Hall–Kier alpha value is -2.39. The van der Waals surface area contributed by atoms with Crippen molar-refractivity contribution in [2.75, 3.05) is 58.1 Å². The standard InChI is InChI=1S/C54H80F6N2O9S2/c1-51-24-23-42-41-20-18-40(32-37(41)16-19-43(42)44(51)21-22-48(51)69-27-13-28-70-52(2,53(55,56)57)54(58,59)60)68-29-26-61(3)25-10-6-8-12-31-73-72-30-11-7-4-5-9-14-39(64)17-15-38-35-62(49(67)33-45(38)65)50-34-46(66)47(36-63)71-50/h18,20,32,35,42-44,46-48,50,63,66H,4-17,19,21-31,33-34,36H2,1-3H3. The Morgan fingerprint density at radius 2 is 1.58 bits per heavy atom. The van der Waals surface area contributed by atoms with Crippen molar-refractivity contribution in [1.29, 1.82) is 0 Å². The van der Waals surface area contributed by atoms with E-state index >= 15 is 0 Å². The Morgan fingerprint density at radius 3 is 2.27 bits per heavy atom. The first kappa shape index (κ1) is 59.8. The number of hydrogen-bond donors (Lipinski definition) is 2. The van der Waals surface area contributed by atoms with E-state index in [2.05, 4.69) is 41.8 Å². The van der Waals surface area contributed by atoms with Crippen LogP contribution in [-0.2, 0) is 35.0 Å². The van der Waals surface area contributed by atoms with Gasteiger partial charge < -0.3 is 34.1 Å². The van der Waals surface area contributed by atoms with E-state index in [1.54, 1.807) is 0 Å². The minimum absolute atomic E-state index is 0.0368. The number of alkyl halides is 6. The molecule has 1 aromatic rings. The van der Waals surface area contributed by atoms with Gasteiger partial charge in [0.25, 0.3) is 5.60 Å². The third-order valence-corrected chi connectivity index (χ3v) is 18.9. The lowest BCUT2D eigenvalue weighted by atomic mass is 9.55. The molecule has 0 radical (unpaired) electrons. The molecule has 8 unspecified atom stereocenters. The first-order valence-electron chi connectivity index (χ1n) is 26.8. The van der Waals surface area contributed by atoms with E-state index in [4.69, 9.17) is 14.2 Å². The second kappa shape index (κ2) is 27.8. The van der Waals surface area contributed by atoms with E-state index in [0.29, 0.717) is 36.4 Å². The van der Waals surface area contributed by atoms with Crippen molar-refractivity contribution in [2.45, 2.75) is 197 Å². The van der Waals surface area contributed by atoms with Crippen molar-refractivity contribution in [3.8, 4) is 5.75 Å². The highest BCUT2D eigenvalue weighted by atomic mass is 33.1. The highest BCUT2D eigenvalue weighted by Crippen LogP contribution is 2.61. The maximum absolute atomic E-state index is 13.2. The van der Waals surface area contributed by atoms with Gasteiger partial charge in [-0.3, -0.25) is 19.3 Å². The van der Waals surface area contributed by atoms with Gasteiger partial charge in [-0.15, -0.1) is 0 Å². The lowest BCUT2D eigenvalue weighted by Crippen LogP contribution is -2.56. The highest BCUT2D eigenvalue weighted by molar-refractivity contribution is 8.76. The van der Waals surface area contributed by atoms with Gasteiger partial charge in [0, 0.05) is 55.7 Å². The quantitative estimate of drug-likeness (QED) is 0.0317. The number of rotatable bonds is 31. The van der Waals surface area contributed by atoms with Crippen LogP contribution < -0.4 is 4.74 Å². The smallest absolute Gasteiger partial charge is 0.426 e. The summed E-state index contributed by atoms with van der Waals surface area (Å²) in [4.78, 5) is 41.1. The molecule has 5 aliphatic rings. The molecule has 2 aliphatic heterocycles. The molecule has 1 aromatic carbocycles. The number of fused-ring (bicyclic) bond motifs is 5. The number of carbonyl (C=O) groups is 3. The number of unbranched alkanes of at least 4 members (excludes halogenated alkanes) is 7. The summed E-state index contributed by atoms with van der Waals surface area (Å²) in [6.07, 6.45) is 4.62. The molecule has 0 aromatic heterocycles. The zero-order valence-electron chi connectivity index (χ0n) is 43.1. The number of halogens is 6. The minimum atomic E-state index is -5.57. The predicted octanol–water partition coefficient (Wildman–Crippen LogP) is 11.3. The first-order valence-corrected chi connectivity index (χ1v) is 29.3. The van der Waals surface area contributed by atoms with Crippen LogP contribution in [-0.4, -0.2) is 138 Å². The van der Waals surface area contributed by atoms with E-state index in [-0.39, 0.29) is 75.3 Å². The Morgan fingerprint density at radius 1 is 0.877 bits per heavy atom. The third-order valence-electron chi connectivity index (χ3n) is 16.3. The molecule has 414 valence electrons. The monoisotopic (exact) mass is 1080 g/mol. The SMILES string of the molecule is CN(CCCCCCSSCCCCCCCC(=O)CCC1=CN(C2CC(O)C(CO)O2)C(=O)CC1=O)CCOc1ccc2c(c1)CCC1C2CCC2(C)C(OCCCOC(C)(C(F)(F)F)C(F)(F)F)CCC12. The second-order valence-electron chi connectivity index (χ2n) is 21.4. The fraction of sp³-hybridized carbons (Fsp3) is 0.796. The predicted molar refractivity (Wildman–Crippen MR) is 271 cm³/mol. The number of aliphatic hydroxyl groups excluding tert-OH is 2. The number of allylic oxidation sites excluding steroid dienone is 1. The number of hydrogen-bond acceptors (Lipinski definition) is 12. The van der Waals surface area contributed by atoms with Gasteiger partial charge in [-0.1, -0.05) is 66.7 Å². The van der Waals surface area contributed by atoms with Crippen molar-refractivity contribution in [2.24, 2.45) is 17.3 Å². The highest BCUT2D eigenvalue weighted by Gasteiger charge is 2.69. The zero-order valence-corrected chi connectivity index (χ0v) is 44.7. The molecule has 1 saturated heterocycles. The number of amides is 1. The summed E-state index contributed by atoms with van der Waals surface area (Å²) in [7, 11) is 6.06. The number of Topliss-reactive ketones (excluding diaryl/α,β-unsaturated/α-hetero) is 2. The van der Waals surface area contributed by atoms with Crippen molar-refractivity contribution in [3.63, 3.8) is 0 Å². The van der Waals surface area contributed by atoms with Crippen LogP contribution in [0.15, 0.2) is 30.0 Å². The minimum Gasteiger partial charge on any atom is -0.492 e. The van der Waals surface area contributed by atoms with Crippen LogP contribution >= 0.6 is 21.6 Å². The molecule has 3 aliphatic carbocycles. The molecule has 73 heavy (non-hydrogen) atoms. The number of aryl methyl sites for hydroxylation is 1. The van der Waals surface area contributed by atoms with Gasteiger partial charge in [-0.25, -0.2) is 0 Å². The van der Waals surface area contributed by atoms with Crippen LogP contribution in [0, 0.1) is 17.3 Å². The van der Waals surface area contributed by atoms with E-state index in [1.807, 2.05) is 21.6 Å². The number of ether oxygens (including phenoxy) is 4. The van der Waals surface area contributed by atoms with Gasteiger partial charge in [0.1, 0.15) is 30.5 Å². The van der Waals surface area contributed by atoms with Gasteiger partial charge in [-0.05, 0) is 144 Å². The maximum atomic E-state index is 13.2. The molecular weight excluding hydrogens is 999 g/mol. The zero-order chi connectivity index (χ0) is 52.8. The number of benzene rings is 1. The van der Waals surface area contributed by atoms with Crippen LogP contribution in [0.25, 0.3) is 0 Å². The molecular formula is C54H80F6N2O9S2. The summed E-state index contributed by atoms with van der Waals surface area (Å²) in [5.41, 5.74) is -1.10. The van der Waals surface area contributed by atoms with Crippen molar-refractivity contribution in [1.82, 2.24) is 9.80 Å². The number of aliphatic hydroxyl groups is 2. The molecule has 0 spiro atoms. The summed E-state index contributed by atoms with van der Waals surface area (Å²) < 4.78 is 102. The third kappa shape index (κ3) is 16.1. The first-order chi connectivity index (χ1) is 34.8. The van der Waals surface area contributed by atoms with Gasteiger partial charge in [0.15, 0.2) is 5.78 Å². The van der Waals surface area contributed by atoms with Crippen LogP contribution in [0.1, 0.15) is 159 Å². The molecule has 0 bridgehead atoms. The van der Waals surface area contributed by atoms with Crippen molar-refractivity contribution < 1.29 is 69.9 Å². The average molecular weight is 1080 g/mol. The van der Waals surface area contributed by atoms with Crippen LogP contribution in [0.5, 0.6) is 5.75 Å². The van der Waals surface area contributed by atoms with Gasteiger partial charge in [0.05, 0.1) is 31.8 Å². The van der Waals surface area contributed by atoms with Crippen molar-refractivity contribution >= 4 is 39.1 Å². The molecule has 1 amide bonds. The lowest BCUT2D eigenvalue weighted by Gasteiger charge is -2.50. The summed E-state index contributed by atoms with van der Waals surface area (Å²) >= 11 is 0. The fourth-order valence-electron chi connectivity index (χ4n) is 11.8. The lowest BCUT2D eigenvalue weighted by molar-refractivity contribution is -0.374. The van der Waals surface area contributed by atoms with Crippen LogP contribution in [0.4, 0.5) is 26.3 Å². The van der Waals surface area contributed by atoms with Gasteiger partial charge in [-0.2, -0.15) is 26.3 Å². The van der Waals surface area contributed by atoms with E-state index in [9.17, 15) is 50.9 Å². The molecule has 8 atom stereocenters. The number of carbonyl (C=O) groups excluding carboxylic acids is 3. The molecule has 3 fully saturated rings. The van der Waals surface area contributed by atoms with E-state index < -0.39 is 48.9 Å². The topological polar surface area (TPSA) is 135 Å². The van der Waals surface area contributed by atoms with E-state index in [0.717, 1.165) is 107 Å². The van der Waals surface area contributed by atoms with E-state index in [1.165, 1.54) is 41.5 Å². The van der Waals surface area contributed by atoms with Gasteiger partial charge in [0.2, 0.25) is 5.91 Å². The fourth-order valence-corrected chi connectivity index (χ4v) is 14.1. The molecule has 11 nitrogen and oxygen atoms in total. The molecule has 19 heteroatoms. The Labute approximate surface area is 436 Å². The summed E-state index contributed by atoms with van der Waals surface area (Å²) in [6, 6.07) is 6.58. The molecule has 2 N–H and O–H groups in total. The van der Waals surface area contributed by atoms with Gasteiger partial charge >= 0.3 is 12.4 Å². The number of ketones is 2. The Kier molecular flexibility index (Phi) is 22.8. The Balaban J connectivity index is 0.739. The second-order valence-corrected chi connectivity index (χ2v) is 24.1. The van der Waals surface area contributed by atoms with Crippen molar-refractivity contribution in [3.05, 3.63) is 41.1 Å². The molecule has 2 heterocycles. The number of nitrogens with zero attached hydrogens (tertiary/aromatic N) is 2. The normalized spacial score (nSPS) is 26.5. The average Bonchev–Trinajstić information content (AvgIpc) is 3.89. The molecule has 2 saturated carbocycles. The Bertz CT molecular complexity index is 1960. The van der Waals surface area contributed by atoms with Crippen LogP contribution in [0.3, 0.4) is 0 Å². The summed E-state index contributed by atoms with van der Waals surface area (Å²) in [5.74, 6) is 4.03. The van der Waals surface area contributed by atoms with Crippen LogP contribution in [0.2, 0.25) is 0 Å². The molecule has 6 rings (SSSR count). The summed E-state index contributed by atoms with van der Waals surface area (Å²) in [6.45, 7) is 3.81. The number of likely N-dealkylation sites (N-methyl/N-ethyl adjacent to an activating group) is 1. The largest absolute Gasteiger partial charge is 0.492 e. The summed E-state index contributed by atoms with van der Waals surface area (Å²) in [5, 5.41) is 19.4. The maximum Gasteiger partial charge on any atom is 0.426 e.